The number of ether oxygens (including phenoxy) is 4. The fourth-order valence-corrected chi connectivity index (χ4v) is 2.85. The molecule has 0 aliphatic heterocycles. The fourth-order valence-electron chi connectivity index (χ4n) is 2.85. The van der Waals surface area contributed by atoms with Crippen LogP contribution >= 0.6 is 0 Å². The molecule has 31 heavy (non-hydrogen) atoms. The lowest BCUT2D eigenvalue weighted by Crippen LogP contribution is -2.41. The van der Waals surface area contributed by atoms with E-state index in [1.807, 2.05) is 43.1 Å². The van der Waals surface area contributed by atoms with E-state index in [2.05, 4.69) is 10.3 Å². The molecular weight excluding hydrogens is 398 g/mol. The second-order valence-electron chi connectivity index (χ2n) is 6.80. The first-order valence-corrected chi connectivity index (χ1v) is 10.2. The van der Waals surface area contributed by atoms with Crippen molar-refractivity contribution in [1.82, 2.24) is 10.2 Å². The minimum atomic E-state index is -0.790. The molecule has 0 bridgehead atoms. The van der Waals surface area contributed by atoms with Gasteiger partial charge in [-0.15, -0.1) is 0 Å². The summed E-state index contributed by atoms with van der Waals surface area (Å²) < 4.78 is 21.5. The highest BCUT2D eigenvalue weighted by atomic mass is 16.5. The number of hydrogen-bond donors (Lipinski definition) is 2. The zero-order chi connectivity index (χ0) is 22.6. The number of likely N-dealkylation sites (N-methyl/N-ethyl adjacent to an activating group) is 1. The van der Waals surface area contributed by atoms with Gasteiger partial charge in [-0.1, -0.05) is 0 Å². The van der Waals surface area contributed by atoms with Gasteiger partial charge in [-0.05, 0) is 48.9 Å². The summed E-state index contributed by atoms with van der Waals surface area (Å²) in [6.07, 6.45) is -0.790. The maximum Gasteiger partial charge on any atom is 0.193 e. The monoisotopic (exact) mass is 431 g/mol. The van der Waals surface area contributed by atoms with E-state index >= 15 is 0 Å². The normalized spacial score (nSPS) is 12.1. The Hall–Kier alpha value is -3.13. The molecule has 0 aliphatic carbocycles. The van der Waals surface area contributed by atoms with Gasteiger partial charge in [-0.3, -0.25) is 4.99 Å². The Balaban J connectivity index is 1.96. The van der Waals surface area contributed by atoms with E-state index in [-0.39, 0.29) is 6.54 Å². The summed E-state index contributed by atoms with van der Waals surface area (Å²) in [4.78, 5) is 6.54. The van der Waals surface area contributed by atoms with Crippen molar-refractivity contribution < 1.29 is 24.1 Å². The number of nitrogens with one attached hydrogen (secondary N) is 1. The molecule has 0 radical (unpaired) electrons. The van der Waals surface area contributed by atoms with Crippen LogP contribution in [0.4, 0.5) is 0 Å². The number of aliphatic imine (C=N–C) groups is 1. The molecule has 2 aromatic rings. The first-order chi connectivity index (χ1) is 15.0. The zero-order valence-corrected chi connectivity index (χ0v) is 18.9. The van der Waals surface area contributed by atoms with E-state index in [1.54, 1.807) is 39.5 Å². The molecule has 8 nitrogen and oxygen atoms in total. The third-order valence-electron chi connectivity index (χ3n) is 4.62. The molecule has 8 heteroatoms. The summed E-state index contributed by atoms with van der Waals surface area (Å²) in [5.74, 6) is 3.50. The van der Waals surface area contributed by atoms with Crippen LogP contribution in [-0.4, -0.2) is 70.6 Å². The molecule has 0 saturated heterocycles. The van der Waals surface area contributed by atoms with Gasteiger partial charge in [0.25, 0.3) is 0 Å². The van der Waals surface area contributed by atoms with Crippen molar-refractivity contribution in [2.75, 3.05) is 54.6 Å². The maximum atomic E-state index is 10.6. The van der Waals surface area contributed by atoms with Crippen molar-refractivity contribution in [3.8, 4) is 23.0 Å². The van der Waals surface area contributed by atoms with Crippen molar-refractivity contribution >= 4 is 5.96 Å². The zero-order valence-electron chi connectivity index (χ0n) is 18.9. The van der Waals surface area contributed by atoms with Crippen molar-refractivity contribution in [2.24, 2.45) is 4.99 Å². The standard InChI is InChI=1S/C23H33N3O5/c1-6-24-23(26(2)11-12-31-19-9-7-18(28-3)8-10-19)25-16-22(27)17-13-20(29-4)15-21(14-17)30-5/h7-10,13-15,22,27H,6,11-12,16H2,1-5H3,(H,24,25). The summed E-state index contributed by atoms with van der Waals surface area (Å²) >= 11 is 0. The van der Waals surface area contributed by atoms with E-state index in [4.69, 9.17) is 18.9 Å². The Bertz CT molecular complexity index is 804. The van der Waals surface area contributed by atoms with Crippen LogP contribution in [0.3, 0.4) is 0 Å². The van der Waals surface area contributed by atoms with Crippen LogP contribution in [-0.2, 0) is 0 Å². The minimum absolute atomic E-state index is 0.197. The summed E-state index contributed by atoms with van der Waals surface area (Å²) in [6.45, 7) is 4.03. The molecule has 0 fully saturated rings. The van der Waals surface area contributed by atoms with Gasteiger partial charge in [0.15, 0.2) is 5.96 Å². The molecule has 170 valence electrons. The molecule has 2 rings (SSSR count). The van der Waals surface area contributed by atoms with E-state index in [0.29, 0.717) is 42.7 Å². The number of benzene rings is 2. The van der Waals surface area contributed by atoms with Gasteiger partial charge in [-0.2, -0.15) is 0 Å². The molecule has 0 aromatic heterocycles. The van der Waals surface area contributed by atoms with Crippen LogP contribution in [0.5, 0.6) is 23.0 Å². The number of aliphatic hydroxyl groups excluding tert-OH is 1. The summed E-state index contributed by atoms with van der Waals surface area (Å²) in [7, 11) is 6.72. The SMILES string of the molecule is CCNC(=NCC(O)c1cc(OC)cc(OC)c1)N(C)CCOc1ccc(OC)cc1. The average molecular weight is 432 g/mol. The summed E-state index contributed by atoms with van der Waals surface area (Å²) in [6, 6.07) is 12.8. The second-order valence-corrected chi connectivity index (χ2v) is 6.80. The van der Waals surface area contributed by atoms with E-state index in [1.165, 1.54) is 0 Å². The molecule has 2 N–H and O–H groups in total. The molecule has 2 aromatic carbocycles. The predicted molar refractivity (Wildman–Crippen MR) is 122 cm³/mol. The molecule has 1 unspecified atom stereocenters. The van der Waals surface area contributed by atoms with Gasteiger partial charge < -0.3 is 34.3 Å². The van der Waals surface area contributed by atoms with Crippen LogP contribution in [0.25, 0.3) is 0 Å². The second kappa shape index (κ2) is 12.5. The highest BCUT2D eigenvalue weighted by Gasteiger charge is 2.13. The van der Waals surface area contributed by atoms with Crippen molar-refractivity contribution in [2.45, 2.75) is 13.0 Å². The quantitative estimate of drug-likeness (QED) is 0.418. The molecule has 0 saturated carbocycles. The lowest BCUT2D eigenvalue weighted by Gasteiger charge is -2.22. The molecule has 0 spiro atoms. The largest absolute Gasteiger partial charge is 0.497 e. The number of aliphatic hydroxyl groups is 1. The lowest BCUT2D eigenvalue weighted by molar-refractivity contribution is 0.185. The maximum absolute atomic E-state index is 10.6. The van der Waals surface area contributed by atoms with Crippen LogP contribution < -0.4 is 24.3 Å². The third kappa shape index (κ3) is 7.57. The van der Waals surface area contributed by atoms with Crippen LogP contribution in [0, 0.1) is 0 Å². The van der Waals surface area contributed by atoms with Crippen LogP contribution in [0.15, 0.2) is 47.5 Å². The average Bonchev–Trinajstić information content (AvgIpc) is 2.81. The van der Waals surface area contributed by atoms with Gasteiger partial charge in [0.2, 0.25) is 0 Å². The smallest absolute Gasteiger partial charge is 0.193 e. The molecule has 0 amide bonds. The molecule has 1 atom stereocenters. The first-order valence-electron chi connectivity index (χ1n) is 10.2. The number of rotatable bonds is 11. The van der Waals surface area contributed by atoms with Gasteiger partial charge in [0, 0.05) is 19.7 Å². The summed E-state index contributed by atoms with van der Waals surface area (Å²) in [5, 5.41) is 13.9. The van der Waals surface area contributed by atoms with Gasteiger partial charge in [0.1, 0.15) is 29.6 Å². The van der Waals surface area contributed by atoms with Crippen molar-refractivity contribution in [3.63, 3.8) is 0 Å². The highest BCUT2D eigenvalue weighted by Crippen LogP contribution is 2.26. The Morgan fingerprint density at radius 2 is 1.55 bits per heavy atom. The number of guanidine groups is 1. The lowest BCUT2D eigenvalue weighted by atomic mass is 10.1. The Morgan fingerprint density at radius 1 is 0.968 bits per heavy atom. The molecule has 0 aliphatic rings. The van der Waals surface area contributed by atoms with E-state index < -0.39 is 6.10 Å². The first kappa shape index (κ1) is 24.1. The number of nitrogens with zero attached hydrogens (tertiary/aromatic N) is 2. The Morgan fingerprint density at radius 3 is 2.10 bits per heavy atom. The van der Waals surface area contributed by atoms with Gasteiger partial charge in [-0.25, -0.2) is 0 Å². The minimum Gasteiger partial charge on any atom is -0.497 e. The Kier molecular flexibility index (Phi) is 9.77. The third-order valence-corrected chi connectivity index (χ3v) is 4.62. The topological polar surface area (TPSA) is 84.8 Å². The van der Waals surface area contributed by atoms with E-state index in [9.17, 15) is 5.11 Å². The van der Waals surface area contributed by atoms with Crippen LogP contribution in [0.2, 0.25) is 0 Å². The van der Waals surface area contributed by atoms with Crippen molar-refractivity contribution in [1.29, 1.82) is 0 Å². The number of hydrogen-bond acceptors (Lipinski definition) is 6. The van der Waals surface area contributed by atoms with Gasteiger partial charge >= 0.3 is 0 Å². The van der Waals surface area contributed by atoms with E-state index in [0.717, 1.165) is 11.5 Å². The van der Waals surface area contributed by atoms with Crippen molar-refractivity contribution in [3.05, 3.63) is 48.0 Å². The molecule has 0 heterocycles. The molecular formula is C23H33N3O5. The summed E-state index contributed by atoms with van der Waals surface area (Å²) in [5.41, 5.74) is 0.682. The number of methoxy groups -OCH3 is 3. The predicted octanol–water partition coefficient (Wildman–Crippen LogP) is 2.72. The Labute approximate surface area is 184 Å². The highest BCUT2D eigenvalue weighted by molar-refractivity contribution is 5.79. The van der Waals surface area contributed by atoms with Crippen LogP contribution in [0.1, 0.15) is 18.6 Å². The fraction of sp³-hybridized carbons (Fsp3) is 0.435. The van der Waals surface area contributed by atoms with Gasteiger partial charge in [0.05, 0.1) is 40.5 Å².